The molecule has 2 heterocycles. The van der Waals surface area contributed by atoms with Crippen LogP contribution in [-0.4, -0.2) is 44.9 Å². The normalized spacial score (nSPS) is 11.2. The van der Waals surface area contributed by atoms with Crippen molar-refractivity contribution in [3.63, 3.8) is 0 Å². The molecule has 1 amide bonds. The fourth-order valence-electron chi connectivity index (χ4n) is 2.32. The average molecular weight is 396 g/mol. The van der Waals surface area contributed by atoms with Crippen LogP contribution in [0.5, 0.6) is 0 Å². The highest BCUT2D eigenvalue weighted by Crippen LogP contribution is 2.24. The monoisotopic (exact) mass is 396 g/mol. The molecule has 2 aromatic heterocycles. The van der Waals surface area contributed by atoms with Crippen LogP contribution in [0.25, 0.3) is 5.69 Å². The van der Waals surface area contributed by atoms with Crippen molar-refractivity contribution in [2.24, 2.45) is 0 Å². The van der Waals surface area contributed by atoms with E-state index in [1.807, 2.05) is 6.07 Å². The van der Waals surface area contributed by atoms with Gasteiger partial charge < -0.3 is 0 Å². The molecule has 27 heavy (non-hydrogen) atoms. The van der Waals surface area contributed by atoms with E-state index in [1.165, 1.54) is 4.90 Å². The molecular formula is C18H19F3N4OS. The summed E-state index contributed by atoms with van der Waals surface area (Å²) in [4.78, 5) is 18.0. The zero-order chi connectivity index (χ0) is 19.9. The number of carbonyl (C=O) groups excluding carboxylic acids is 1. The Kier molecular flexibility index (Phi) is 7.30. The van der Waals surface area contributed by atoms with Gasteiger partial charge in [0.25, 0.3) is 0 Å². The van der Waals surface area contributed by atoms with Gasteiger partial charge in [0.2, 0.25) is 5.91 Å². The summed E-state index contributed by atoms with van der Waals surface area (Å²) in [5, 5.41) is 4.39. The highest BCUT2D eigenvalue weighted by atomic mass is 32.2. The summed E-state index contributed by atoms with van der Waals surface area (Å²) in [5.74, 6) is 2.43. The Balaban J connectivity index is 2.03. The molecule has 0 aliphatic rings. The number of alkyl halides is 3. The number of anilines is 1. The highest BCUT2D eigenvalue weighted by Gasteiger charge is 2.26. The molecule has 0 saturated carbocycles. The topological polar surface area (TPSA) is 51.0 Å². The lowest BCUT2D eigenvalue weighted by Crippen LogP contribution is -2.31. The smallest absolute Gasteiger partial charge is 0.297 e. The molecule has 0 bridgehead atoms. The number of hydrogen-bond acceptors (Lipinski definition) is 4. The lowest BCUT2D eigenvalue weighted by Gasteiger charge is -2.19. The van der Waals surface area contributed by atoms with E-state index in [9.17, 15) is 18.0 Å². The largest absolute Gasteiger partial charge is 0.389 e. The van der Waals surface area contributed by atoms with Crippen molar-refractivity contribution in [2.45, 2.75) is 25.9 Å². The fourth-order valence-corrected chi connectivity index (χ4v) is 3.22. The first-order valence-electron chi connectivity index (χ1n) is 8.17. The summed E-state index contributed by atoms with van der Waals surface area (Å²) >= 11 is 1.10. The number of hydrogen-bond donors (Lipinski definition) is 0. The first-order valence-corrected chi connectivity index (χ1v) is 9.32. The molecule has 0 aliphatic carbocycles. The molecule has 0 fully saturated rings. The molecule has 144 valence electrons. The zero-order valence-electron chi connectivity index (χ0n) is 14.7. The molecular weight excluding hydrogens is 377 g/mol. The molecule has 0 aromatic carbocycles. The minimum Gasteiger partial charge on any atom is -0.297 e. The van der Waals surface area contributed by atoms with E-state index in [0.29, 0.717) is 17.1 Å². The van der Waals surface area contributed by atoms with Crippen LogP contribution in [0.15, 0.2) is 30.7 Å². The summed E-state index contributed by atoms with van der Waals surface area (Å²) in [6.07, 6.45) is 5.42. The Morgan fingerprint density at radius 3 is 2.81 bits per heavy atom. The van der Waals surface area contributed by atoms with Crippen molar-refractivity contribution >= 4 is 23.4 Å². The number of rotatable bonds is 8. The summed E-state index contributed by atoms with van der Waals surface area (Å²) in [5.41, 5.74) is 1.93. The van der Waals surface area contributed by atoms with Crippen molar-refractivity contribution in [3.8, 4) is 18.0 Å². The maximum Gasteiger partial charge on any atom is 0.389 e. The SMILES string of the molecule is C#CCN(C(=O)CCSCCC(F)(F)F)c1cn(-c2cccnc2)nc1C. The average Bonchev–Trinajstić information content (AvgIpc) is 3.00. The van der Waals surface area contributed by atoms with E-state index in [4.69, 9.17) is 6.42 Å². The molecule has 0 saturated heterocycles. The van der Waals surface area contributed by atoms with E-state index in [0.717, 1.165) is 17.4 Å². The van der Waals surface area contributed by atoms with E-state index in [1.54, 1.807) is 36.3 Å². The van der Waals surface area contributed by atoms with Crippen LogP contribution in [0.1, 0.15) is 18.5 Å². The molecule has 5 nitrogen and oxygen atoms in total. The van der Waals surface area contributed by atoms with Crippen molar-refractivity contribution in [3.05, 3.63) is 36.4 Å². The maximum atomic E-state index is 12.5. The first kappa shape index (κ1) is 20.8. The molecule has 2 rings (SSSR count). The number of terminal acetylenes is 1. The van der Waals surface area contributed by atoms with Crippen molar-refractivity contribution in [1.82, 2.24) is 14.8 Å². The van der Waals surface area contributed by atoms with Gasteiger partial charge in [0.05, 0.1) is 42.4 Å². The summed E-state index contributed by atoms with van der Waals surface area (Å²) < 4.78 is 38.1. The molecule has 0 N–H and O–H groups in total. The molecule has 0 unspecified atom stereocenters. The second-order valence-electron chi connectivity index (χ2n) is 5.67. The molecule has 2 aromatic rings. The van der Waals surface area contributed by atoms with Gasteiger partial charge in [-0.2, -0.15) is 30.0 Å². The highest BCUT2D eigenvalue weighted by molar-refractivity contribution is 7.99. The van der Waals surface area contributed by atoms with Gasteiger partial charge >= 0.3 is 6.18 Å². The van der Waals surface area contributed by atoms with E-state index < -0.39 is 12.6 Å². The zero-order valence-corrected chi connectivity index (χ0v) is 15.6. The molecule has 0 spiro atoms. The molecule has 9 heteroatoms. The number of aromatic nitrogens is 3. The standard InChI is InChI=1S/C18H19F3N4OS/c1-3-9-24(17(26)6-10-27-11-7-18(19,20)21)16-13-25(23-14(16)2)15-5-4-8-22-12-15/h1,4-5,8,12-13H,6-7,9-11H2,2H3. The third kappa shape index (κ3) is 6.32. The van der Waals surface area contributed by atoms with Crippen LogP contribution in [0, 0.1) is 19.3 Å². The number of carbonyl (C=O) groups is 1. The molecule has 0 radical (unpaired) electrons. The van der Waals surface area contributed by atoms with Gasteiger partial charge in [-0.1, -0.05) is 5.92 Å². The third-order valence-corrected chi connectivity index (χ3v) is 4.60. The van der Waals surface area contributed by atoms with E-state index >= 15 is 0 Å². The lowest BCUT2D eigenvalue weighted by atomic mass is 10.3. The van der Waals surface area contributed by atoms with Crippen LogP contribution in [0.2, 0.25) is 0 Å². The van der Waals surface area contributed by atoms with Crippen LogP contribution in [0.3, 0.4) is 0 Å². The molecule has 0 atom stereocenters. The Morgan fingerprint density at radius 2 is 2.19 bits per heavy atom. The van der Waals surface area contributed by atoms with Crippen LogP contribution < -0.4 is 4.90 Å². The van der Waals surface area contributed by atoms with Crippen LogP contribution >= 0.6 is 11.8 Å². The van der Waals surface area contributed by atoms with Gasteiger partial charge in [0.1, 0.15) is 0 Å². The van der Waals surface area contributed by atoms with Crippen molar-refractivity contribution < 1.29 is 18.0 Å². The Hall–Kier alpha value is -2.47. The Morgan fingerprint density at radius 1 is 1.41 bits per heavy atom. The predicted molar refractivity (Wildman–Crippen MR) is 99.9 cm³/mol. The number of pyridine rings is 1. The Labute approximate surface area is 160 Å². The van der Waals surface area contributed by atoms with Gasteiger partial charge in [-0.15, -0.1) is 6.42 Å². The fraction of sp³-hybridized carbons (Fsp3) is 0.389. The van der Waals surface area contributed by atoms with E-state index in [2.05, 4.69) is 16.0 Å². The predicted octanol–water partition coefficient (Wildman–Crippen LogP) is 3.62. The van der Waals surface area contributed by atoms with E-state index in [-0.39, 0.29) is 24.6 Å². The number of halogens is 3. The second kappa shape index (κ2) is 9.46. The van der Waals surface area contributed by atoms with Gasteiger partial charge in [-0.3, -0.25) is 14.7 Å². The minimum absolute atomic E-state index is 0.0611. The number of thioether (sulfide) groups is 1. The van der Waals surface area contributed by atoms with Gasteiger partial charge in [0.15, 0.2) is 0 Å². The van der Waals surface area contributed by atoms with Gasteiger partial charge in [-0.25, -0.2) is 4.68 Å². The summed E-state index contributed by atoms with van der Waals surface area (Å²) in [7, 11) is 0. The summed E-state index contributed by atoms with van der Waals surface area (Å²) in [6, 6.07) is 3.60. The number of aryl methyl sites for hydroxylation is 1. The third-order valence-electron chi connectivity index (χ3n) is 3.61. The van der Waals surface area contributed by atoms with Gasteiger partial charge in [0, 0.05) is 24.1 Å². The number of nitrogens with zero attached hydrogens (tertiary/aromatic N) is 4. The van der Waals surface area contributed by atoms with Gasteiger partial charge in [-0.05, 0) is 19.1 Å². The van der Waals surface area contributed by atoms with Crippen molar-refractivity contribution in [1.29, 1.82) is 0 Å². The van der Waals surface area contributed by atoms with Crippen LogP contribution in [-0.2, 0) is 4.79 Å². The quantitative estimate of drug-likeness (QED) is 0.505. The van der Waals surface area contributed by atoms with Crippen molar-refractivity contribution in [2.75, 3.05) is 23.0 Å². The second-order valence-corrected chi connectivity index (χ2v) is 6.89. The summed E-state index contributed by atoms with van der Waals surface area (Å²) in [6.45, 7) is 1.82. The first-order chi connectivity index (χ1) is 12.8. The minimum atomic E-state index is -4.18. The maximum absolute atomic E-state index is 12.5. The number of amides is 1. The van der Waals surface area contributed by atoms with Crippen LogP contribution in [0.4, 0.5) is 18.9 Å². The molecule has 0 aliphatic heterocycles. The Bertz CT molecular complexity index is 799. The lowest BCUT2D eigenvalue weighted by molar-refractivity contribution is -0.129.